The van der Waals surface area contributed by atoms with E-state index in [1.54, 1.807) is 4.90 Å². The van der Waals surface area contributed by atoms with Gasteiger partial charge in [-0.1, -0.05) is 6.07 Å². The quantitative estimate of drug-likeness (QED) is 0.445. The van der Waals surface area contributed by atoms with Crippen LogP contribution in [0, 0.1) is 0 Å². The van der Waals surface area contributed by atoms with Crippen LogP contribution < -0.4 is 15.5 Å². The number of aliphatic hydroxyl groups excluding tert-OH is 2. The van der Waals surface area contributed by atoms with Crippen molar-refractivity contribution in [2.24, 2.45) is 0 Å². The number of aromatic nitrogens is 4. The number of halogens is 3. The number of carbonyl (C=O) groups excluding carboxylic acids is 1. The highest BCUT2D eigenvalue weighted by Crippen LogP contribution is 2.33. The number of β-amino-alcohol motifs (C(OH)–C–C–N with tert-alkyl or cyclic N) is 2. The maximum Gasteiger partial charge on any atom is 0.416 e. The molecule has 2 fully saturated rings. The fraction of sp³-hybridized carbons (Fsp3) is 0.400. The minimum absolute atomic E-state index is 0.116. The average Bonchev–Trinajstić information content (AvgIpc) is 3.46. The Morgan fingerprint density at radius 2 is 1.91 bits per heavy atom. The highest BCUT2D eigenvalue weighted by molar-refractivity contribution is 5.89. The molecule has 3 atom stereocenters. The number of carbonyl (C=O) groups is 1. The fourth-order valence-electron chi connectivity index (χ4n) is 4.03. The molecule has 0 radical (unpaired) electrons. The van der Waals surface area contributed by atoms with Crippen molar-refractivity contribution in [3.05, 3.63) is 36.0 Å². The first kappa shape index (κ1) is 21.4. The normalized spacial score (nSPS) is 23.4. The fourth-order valence-corrected chi connectivity index (χ4v) is 4.03. The van der Waals surface area contributed by atoms with Gasteiger partial charge in [-0.3, -0.25) is 4.79 Å². The molecule has 1 amide bonds. The van der Waals surface area contributed by atoms with E-state index in [4.69, 9.17) is 0 Å². The van der Waals surface area contributed by atoms with E-state index < -0.39 is 23.9 Å². The van der Waals surface area contributed by atoms with Gasteiger partial charge in [-0.05, 0) is 18.2 Å². The van der Waals surface area contributed by atoms with Crippen LogP contribution in [0.1, 0.15) is 12.0 Å². The molecule has 33 heavy (non-hydrogen) atoms. The number of benzene rings is 1. The number of amides is 1. The number of hydrogen-bond donors (Lipinski definition) is 4. The Bertz CT molecular complexity index is 1210. The number of aliphatic hydroxyl groups is 2. The predicted molar refractivity (Wildman–Crippen MR) is 111 cm³/mol. The molecular formula is C20H20F3N7O3. The van der Waals surface area contributed by atoms with E-state index in [1.807, 2.05) is 0 Å². The summed E-state index contributed by atoms with van der Waals surface area (Å²) in [6.07, 6.45) is -4.80. The largest absolute Gasteiger partial charge is 0.416 e. The van der Waals surface area contributed by atoms with Crippen molar-refractivity contribution in [2.75, 3.05) is 29.9 Å². The molecule has 4 heterocycles. The second-order valence-electron chi connectivity index (χ2n) is 8.10. The van der Waals surface area contributed by atoms with Crippen molar-refractivity contribution in [3.8, 4) is 5.69 Å². The van der Waals surface area contributed by atoms with E-state index in [9.17, 15) is 28.2 Å². The molecule has 3 aromatic rings. The van der Waals surface area contributed by atoms with Crippen molar-refractivity contribution in [1.29, 1.82) is 0 Å². The number of nitrogens with zero attached hydrogens (tertiary/aromatic N) is 5. The number of rotatable bonds is 4. The van der Waals surface area contributed by atoms with E-state index in [0.717, 1.165) is 12.1 Å². The van der Waals surface area contributed by atoms with Crippen LogP contribution in [0.4, 0.5) is 24.9 Å². The first-order chi connectivity index (χ1) is 15.7. The SMILES string of the molecule is O=C1C[C@H](Nc2nc(N3C[C@H](O)[C@@H](O)C3)c3cnn(-c4cccc(C(F)(F)F)c4)c3n2)CN1. The Labute approximate surface area is 185 Å². The second kappa shape index (κ2) is 7.85. The summed E-state index contributed by atoms with van der Waals surface area (Å²) >= 11 is 0. The summed E-state index contributed by atoms with van der Waals surface area (Å²) in [7, 11) is 0. The lowest BCUT2D eigenvalue weighted by Gasteiger charge is -2.19. The first-order valence-corrected chi connectivity index (χ1v) is 10.3. The van der Waals surface area contributed by atoms with Gasteiger partial charge >= 0.3 is 6.18 Å². The molecule has 0 unspecified atom stereocenters. The number of fused-ring (bicyclic) bond motifs is 1. The Balaban J connectivity index is 1.61. The average molecular weight is 463 g/mol. The molecule has 2 aliphatic rings. The minimum Gasteiger partial charge on any atom is -0.389 e. The monoisotopic (exact) mass is 463 g/mol. The molecule has 0 bridgehead atoms. The molecule has 2 aromatic heterocycles. The Morgan fingerprint density at radius 3 is 2.58 bits per heavy atom. The second-order valence-corrected chi connectivity index (χ2v) is 8.10. The van der Waals surface area contributed by atoms with Gasteiger partial charge in [-0.2, -0.15) is 28.2 Å². The molecule has 5 rings (SSSR count). The van der Waals surface area contributed by atoms with Crippen molar-refractivity contribution in [1.82, 2.24) is 25.1 Å². The minimum atomic E-state index is -4.52. The lowest BCUT2D eigenvalue weighted by molar-refractivity contribution is -0.137. The van der Waals surface area contributed by atoms with Gasteiger partial charge in [0.1, 0.15) is 5.82 Å². The summed E-state index contributed by atoms with van der Waals surface area (Å²) in [6.45, 7) is 0.611. The van der Waals surface area contributed by atoms with Gasteiger partial charge in [0.15, 0.2) is 5.65 Å². The maximum atomic E-state index is 13.2. The summed E-state index contributed by atoms with van der Waals surface area (Å²) in [5.74, 6) is 0.408. The zero-order valence-corrected chi connectivity index (χ0v) is 17.1. The number of anilines is 2. The van der Waals surface area contributed by atoms with Crippen LogP contribution in [0.3, 0.4) is 0 Å². The Hall–Kier alpha value is -3.45. The molecule has 0 aliphatic carbocycles. The van der Waals surface area contributed by atoms with Crippen LogP contribution in [0.25, 0.3) is 16.7 Å². The smallest absolute Gasteiger partial charge is 0.389 e. The highest BCUT2D eigenvalue weighted by atomic mass is 19.4. The van der Waals surface area contributed by atoms with Crippen molar-refractivity contribution in [3.63, 3.8) is 0 Å². The lowest BCUT2D eigenvalue weighted by atomic mass is 10.2. The number of hydrogen-bond acceptors (Lipinski definition) is 8. The lowest BCUT2D eigenvalue weighted by Crippen LogP contribution is -2.26. The third-order valence-corrected chi connectivity index (χ3v) is 5.70. The van der Waals surface area contributed by atoms with Gasteiger partial charge < -0.3 is 25.7 Å². The van der Waals surface area contributed by atoms with E-state index in [-0.39, 0.29) is 48.7 Å². The molecule has 0 saturated carbocycles. The highest BCUT2D eigenvalue weighted by Gasteiger charge is 2.33. The zero-order valence-electron chi connectivity index (χ0n) is 17.1. The van der Waals surface area contributed by atoms with Crippen LogP contribution in [-0.2, 0) is 11.0 Å². The molecule has 4 N–H and O–H groups in total. The standard InChI is InChI=1S/C20H20F3N7O3/c21-20(22,23)10-2-1-3-12(4-10)30-18-13(7-25-30)17(29-8-14(31)15(32)9-29)27-19(28-18)26-11-5-16(33)24-6-11/h1-4,7,11,14-15,31-32H,5-6,8-9H2,(H,24,33)(H,26,27,28)/t11-,14-,15-/m0/s1. The molecule has 1 aromatic carbocycles. The van der Waals surface area contributed by atoms with Crippen molar-refractivity contribution < 1.29 is 28.2 Å². The van der Waals surface area contributed by atoms with Crippen LogP contribution >= 0.6 is 0 Å². The molecular weight excluding hydrogens is 443 g/mol. The summed E-state index contributed by atoms with van der Waals surface area (Å²) in [5, 5.41) is 30.5. The van der Waals surface area contributed by atoms with Gasteiger partial charge in [0.05, 0.1) is 41.1 Å². The van der Waals surface area contributed by atoms with E-state index >= 15 is 0 Å². The van der Waals surface area contributed by atoms with Gasteiger partial charge in [0.25, 0.3) is 0 Å². The summed E-state index contributed by atoms with van der Waals surface area (Å²) in [5.41, 5.74) is -0.415. The maximum absolute atomic E-state index is 13.2. The summed E-state index contributed by atoms with van der Waals surface area (Å²) < 4.78 is 41.0. The summed E-state index contributed by atoms with van der Waals surface area (Å²) in [6, 6.07) is 4.46. The van der Waals surface area contributed by atoms with E-state index in [2.05, 4.69) is 25.7 Å². The van der Waals surface area contributed by atoms with Crippen LogP contribution in [0.5, 0.6) is 0 Å². The number of alkyl halides is 3. The van der Waals surface area contributed by atoms with E-state index in [0.29, 0.717) is 17.7 Å². The Kier molecular flexibility index (Phi) is 5.09. The molecule has 2 aliphatic heterocycles. The molecule has 13 heteroatoms. The van der Waals surface area contributed by atoms with Crippen molar-refractivity contribution in [2.45, 2.75) is 30.8 Å². The van der Waals surface area contributed by atoms with Gasteiger partial charge in [0.2, 0.25) is 11.9 Å². The molecule has 0 spiro atoms. The van der Waals surface area contributed by atoms with Gasteiger partial charge in [-0.25, -0.2) is 4.68 Å². The van der Waals surface area contributed by atoms with Crippen molar-refractivity contribution >= 4 is 28.7 Å². The van der Waals surface area contributed by atoms with Gasteiger partial charge in [-0.15, -0.1) is 0 Å². The molecule has 10 nitrogen and oxygen atoms in total. The van der Waals surface area contributed by atoms with E-state index in [1.165, 1.54) is 23.0 Å². The number of nitrogens with one attached hydrogen (secondary N) is 2. The zero-order chi connectivity index (χ0) is 23.3. The topological polar surface area (TPSA) is 128 Å². The third-order valence-electron chi connectivity index (χ3n) is 5.70. The van der Waals surface area contributed by atoms with Crippen LogP contribution in [0.15, 0.2) is 30.5 Å². The predicted octanol–water partition coefficient (Wildman–Crippen LogP) is 0.677. The molecule has 174 valence electrons. The first-order valence-electron chi connectivity index (χ1n) is 10.3. The van der Waals surface area contributed by atoms with Crippen LogP contribution in [-0.4, -0.2) is 73.8 Å². The van der Waals surface area contributed by atoms with Crippen LogP contribution in [0.2, 0.25) is 0 Å². The van der Waals surface area contributed by atoms with Gasteiger partial charge in [0, 0.05) is 26.1 Å². The molecule has 2 saturated heterocycles. The Morgan fingerprint density at radius 1 is 1.15 bits per heavy atom. The summed E-state index contributed by atoms with van der Waals surface area (Å²) in [4.78, 5) is 22.2. The third kappa shape index (κ3) is 4.04.